The van der Waals surface area contributed by atoms with Gasteiger partial charge in [-0.25, -0.2) is 4.39 Å². The number of halogens is 6. The fourth-order valence-corrected chi connectivity index (χ4v) is 4.42. The number of aryl methyl sites for hydroxylation is 1. The van der Waals surface area contributed by atoms with Gasteiger partial charge >= 0.3 is 6.18 Å². The lowest BCUT2D eigenvalue weighted by Gasteiger charge is -2.36. The van der Waals surface area contributed by atoms with Crippen LogP contribution >= 0.6 is 23.2 Å². The first-order valence-corrected chi connectivity index (χ1v) is 11.9. The molecule has 0 fully saturated rings. The molecule has 0 aliphatic heterocycles. The number of aromatic nitrogens is 1. The van der Waals surface area contributed by atoms with Gasteiger partial charge in [0.25, 0.3) is 0 Å². The molecular weight excluding hydrogens is 511 g/mol. The first kappa shape index (κ1) is 26.1. The summed E-state index contributed by atoms with van der Waals surface area (Å²) in [6, 6.07) is 20.6. The number of hydrogen-bond acceptors (Lipinski definition) is 2. The van der Waals surface area contributed by atoms with Crippen LogP contribution in [-0.2, 0) is 24.7 Å². The zero-order chi connectivity index (χ0) is 25.9. The van der Waals surface area contributed by atoms with Crippen LogP contribution in [0.2, 0.25) is 10.0 Å². The Labute approximate surface area is 216 Å². The summed E-state index contributed by atoms with van der Waals surface area (Å²) in [5.74, 6) is -0.990. The molecule has 4 aromatic rings. The van der Waals surface area contributed by atoms with E-state index in [-0.39, 0.29) is 18.5 Å². The normalized spacial score (nSPS) is 13.4. The van der Waals surface area contributed by atoms with Gasteiger partial charge in [0.2, 0.25) is 0 Å². The van der Waals surface area contributed by atoms with Crippen LogP contribution in [0.3, 0.4) is 0 Å². The van der Waals surface area contributed by atoms with Crippen LogP contribution in [0.4, 0.5) is 17.6 Å². The zero-order valence-electron chi connectivity index (χ0n) is 19.2. The maximum Gasteiger partial charge on any atom is 0.416 e. The smallest absolute Gasteiger partial charge is 0.298 e. The molecule has 3 aromatic carbocycles. The van der Waals surface area contributed by atoms with Crippen molar-refractivity contribution in [3.05, 3.63) is 134 Å². The number of nitrogens with one attached hydrogen (secondary N) is 1. The molecule has 4 rings (SSSR count). The van der Waals surface area contributed by atoms with Crippen LogP contribution in [0.15, 0.2) is 85.1 Å². The van der Waals surface area contributed by atoms with Gasteiger partial charge in [0.05, 0.1) is 21.8 Å². The Bertz CT molecular complexity index is 1340. The number of nitrogens with zero attached hydrogens (tertiary/aromatic N) is 1. The average molecular weight is 533 g/mol. The lowest BCUT2D eigenvalue weighted by atomic mass is 9.79. The van der Waals surface area contributed by atoms with Gasteiger partial charge in [0, 0.05) is 24.2 Å². The summed E-state index contributed by atoms with van der Waals surface area (Å²) >= 11 is 12.3. The molecule has 8 heteroatoms. The number of hydrogen-bond donors (Lipinski definition) is 1. The molecule has 36 heavy (non-hydrogen) atoms. The molecule has 0 bridgehead atoms. The summed E-state index contributed by atoms with van der Waals surface area (Å²) in [4.78, 5) is 4.47. The molecule has 186 valence electrons. The van der Waals surface area contributed by atoms with E-state index in [2.05, 4.69) is 10.3 Å². The minimum atomic E-state index is -4.73. The van der Waals surface area contributed by atoms with Crippen molar-refractivity contribution >= 4 is 23.2 Å². The molecular formula is C28H22Cl2F4N2. The van der Waals surface area contributed by atoms with Gasteiger partial charge in [-0.3, -0.25) is 10.3 Å². The van der Waals surface area contributed by atoms with Gasteiger partial charge in [-0.2, -0.15) is 13.2 Å². The quantitative estimate of drug-likeness (QED) is 0.243. The molecule has 0 amide bonds. The fourth-order valence-electron chi connectivity index (χ4n) is 4.20. The number of pyridine rings is 1. The third-order valence-corrected chi connectivity index (χ3v) is 6.66. The van der Waals surface area contributed by atoms with Crippen LogP contribution < -0.4 is 5.32 Å². The van der Waals surface area contributed by atoms with Crippen LogP contribution in [0.25, 0.3) is 0 Å². The maximum absolute atomic E-state index is 14.7. The van der Waals surface area contributed by atoms with Crippen molar-refractivity contribution in [2.45, 2.75) is 31.6 Å². The highest BCUT2D eigenvalue weighted by Crippen LogP contribution is 2.38. The van der Waals surface area contributed by atoms with Gasteiger partial charge in [-0.15, -0.1) is 0 Å². The van der Waals surface area contributed by atoms with Crippen LogP contribution in [0.5, 0.6) is 0 Å². The van der Waals surface area contributed by atoms with Crippen molar-refractivity contribution in [2.75, 3.05) is 0 Å². The Morgan fingerprint density at radius 3 is 2.19 bits per heavy atom. The molecule has 0 aliphatic carbocycles. The second kappa shape index (κ2) is 10.6. The summed E-state index contributed by atoms with van der Waals surface area (Å²) in [7, 11) is 0. The predicted octanol–water partition coefficient (Wildman–Crippen LogP) is 8.13. The summed E-state index contributed by atoms with van der Waals surface area (Å²) in [5, 5.41) is 4.40. The second-order valence-electron chi connectivity index (χ2n) is 8.59. The van der Waals surface area contributed by atoms with E-state index in [0.717, 1.165) is 28.8 Å². The van der Waals surface area contributed by atoms with E-state index in [1.165, 1.54) is 6.20 Å². The molecule has 0 saturated carbocycles. The molecule has 1 heterocycles. The third-order valence-electron chi connectivity index (χ3n) is 6.01. The zero-order valence-corrected chi connectivity index (χ0v) is 20.7. The van der Waals surface area contributed by atoms with Gasteiger partial charge in [0.1, 0.15) is 5.82 Å². The van der Waals surface area contributed by atoms with E-state index in [1.807, 2.05) is 49.4 Å². The SMILES string of the molecule is Cc1cc(CNC(Cc2ccccc2)(c2cc(F)cc(C(F)(F)F)c2)c2ccc(Cl)cn2)ccc1Cl. The molecule has 2 nitrogen and oxygen atoms in total. The first-order chi connectivity index (χ1) is 17.1. The minimum Gasteiger partial charge on any atom is -0.298 e. The molecule has 1 N–H and O–H groups in total. The highest BCUT2D eigenvalue weighted by Gasteiger charge is 2.39. The topological polar surface area (TPSA) is 24.9 Å². The summed E-state index contributed by atoms with van der Waals surface area (Å²) in [5.41, 5.74) is 0.649. The fraction of sp³-hybridized carbons (Fsp3) is 0.179. The van der Waals surface area contributed by atoms with Gasteiger partial charge < -0.3 is 0 Å². The van der Waals surface area contributed by atoms with Crippen molar-refractivity contribution in [3.8, 4) is 0 Å². The van der Waals surface area contributed by atoms with Gasteiger partial charge in [0.15, 0.2) is 0 Å². The second-order valence-corrected chi connectivity index (χ2v) is 9.44. The Morgan fingerprint density at radius 2 is 1.56 bits per heavy atom. The molecule has 1 atom stereocenters. The van der Waals surface area contributed by atoms with Crippen LogP contribution in [0, 0.1) is 12.7 Å². The van der Waals surface area contributed by atoms with Crippen LogP contribution in [0.1, 0.15) is 33.5 Å². The average Bonchev–Trinajstić information content (AvgIpc) is 2.84. The molecule has 1 aromatic heterocycles. The minimum absolute atomic E-state index is 0.0965. The third kappa shape index (κ3) is 5.89. The van der Waals surface area contributed by atoms with Crippen molar-refractivity contribution in [1.29, 1.82) is 0 Å². The largest absolute Gasteiger partial charge is 0.416 e. The first-order valence-electron chi connectivity index (χ1n) is 11.1. The van der Waals surface area contributed by atoms with Crippen molar-refractivity contribution in [3.63, 3.8) is 0 Å². The highest BCUT2D eigenvalue weighted by atomic mass is 35.5. The summed E-state index contributed by atoms with van der Waals surface area (Å²) in [6.45, 7) is 2.12. The summed E-state index contributed by atoms with van der Waals surface area (Å²) in [6.07, 6.45) is -3.10. The Hall–Kier alpha value is -2.93. The molecule has 0 spiro atoms. The Morgan fingerprint density at radius 1 is 0.833 bits per heavy atom. The van der Waals surface area contributed by atoms with E-state index < -0.39 is 23.1 Å². The Kier molecular flexibility index (Phi) is 7.69. The van der Waals surface area contributed by atoms with E-state index >= 15 is 0 Å². The van der Waals surface area contributed by atoms with Gasteiger partial charge in [-0.1, -0.05) is 65.7 Å². The lowest BCUT2D eigenvalue weighted by Crippen LogP contribution is -2.46. The highest BCUT2D eigenvalue weighted by molar-refractivity contribution is 6.31. The molecule has 1 unspecified atom stereocenters. The van der Waals surface area contributed by atoms with E-state index in [1.54, 1.807) is 18.2 Å². The van der Waals surface area contributed by atoms with E-state index in [9.17, 15) is 17.6 Å². The van der Waals surface area contributed by atoms with Crippen molar-refractivity contribution < 1.29 is 17.6 Å². The van der Waals surface area contributed by atoms with E-state index in [0.29, 0.717) is 21.8 Å². The lowest BCUT2D eigenvalue weighted by molar-refractivity contribution is -0.137. The standard InChI is InChI=1S/C28H22Cl2F4N2/c1-18-11-20(7-9-25(18)30)16-36-27(15-19-5-3-2-4-6-19,26-10-8-23(29)17-35-26)21-12-22(28(32,33)34)14-24(31)13-21/h2-14,17,36H,15-16H2,1H3. The van der Waals surface area contributed by atoms with Gasteiger partial charge in [-0.05, 0) is 65.6 Å². The number of alkyl halides is 3. The predicted molar refractivity (Wildman–Crippen MR) is 135 cm³/mol. The Balaban J connectivity index is 1.92. The van der Waals surface area contributed by atoms with Crippen molar-refractivity contribution in [1.82, 2.24) is 10.3 Å². The molecule has 0 aliphatic rings. The molecule has 0 saturated heterocycles. The van der Waals surface area contributed by atoms with Crippen LogP contribution in [-0.4, -0.2) is 4.98 Å². The maximum atomic E-state index is 14.7. The molecule has 0 radical (unpaired) electrons. The number of benzene rings is 3. The number of rotatable bonds is 7. The van der Waals surface area contributed by atoms with E-state index in [4.69, 9.17) is 23.2 Å². The van der Waals surface area contributed by atoms with Crippen molar-refractivity contribution in [2.24, 2.45) is 0 Å². The monoisotopic (exact) mass is 532 g/mol. The summed E-state index contributed by atoms with van der Waals surface area (Å²) < 4.78 is 55.8.